The minimum atomic E-state index is 0.325. The summed E-state index contributed by atoms with van der Waals surface area (Å²) in [6.45, 7) is 0. The van der Waals surface area contributed by atoms with Crippen LogP contribution >= 0.6 is 23.8 Å². The van der Waals surface area contributed by atoms with Crippen molar-refractivity contribution in [2.24, 2.45) is 17.6 Å². The van der Waals surface area contributed by atoms with Crippen LogP contribution < -0.4 is 10.5 Å². The van der Waals surface area contributed by atoms with Gasteiger partial charge in [-0.05, 0) is 55.7 Å². The van der Waals surface area contributed by atoms with E-state index in [0.717, 1.165) is 17.6 Å². The molecule has 0 spiro atoms. The zero-order chi connectivity index (χ0) is 12.7. The van der Waals surface area contributed by atoms with Gasteiger partial charge in [0, 0.05) is 5.56 Å². The molecule has 0 saturated heterocycles. The first kappa shape index (κ1) is 12.2. The summed E-state index contributed by atoms with van der Waals surface area (Å²) >= 11 is 11.1. The van der Waals surface area contributed by atoms with Crippen LogP contribution in [-0.2, 0) is 0 Å². The van der Waals surface area contributed by atoms with Crippen LogP contribution in [0.3, 0.4) is 0 Å². The molecule has 2 aliphatic rings. The molecule has 18 heavy (non-hydrogen) atoms. The van der Waals surface area contributed by atoms with E-state index in [9.17, 15) is 0 Å². The summed E-state index contributed by atoms with van der Waals surface area (Å²) in [4.78, 5) is 0.325. The molecule has 2 nitrogen and oxygen atoms in total. The Morgan fingerprint density at radius 3 is 2.72 bits per heavy atom. The lowest BCUT2D eigenvalue weighted by atomic mass is 9.98. The van der Waals surface area contributed by atoms with Gasteiger partial charge in [0.2, 0.25) is 0 Å². The number of ether oxygens (including phenoxy) is 1. The van der Waals surface area contributed by atoms with Gasteiger partial charge in [0.25, 0.3) is 0 Å². The van der Waals surface area contributed by atoms with Crippen LogP contribution in [0, 0.1) is 11.8 Å². The summed E-state index contributed by atoms with van der Waals surface area (Å²) in [5.74, 6) is 2.45. The third-order valence-electron chi connectivity index (χ3n) is 4.17. The molecule has 2 bridgehead atoms. The smallest absolute Gasteiger partial charge is 0.121 e. The molecule has 1 aromatic carbocycles. The standard InChI is InChI=1S/C14H16ClNOS/c15-12-7-10(3-4-11(12)14(16)18)17-13-6-8-1-2-9(13)5-8/h3-4,7-9,13H,1-2,5-6H2,(H2,16,18). The van der Waals surface area contributed by atoms with Crippen LogP contribution in [0.2, 0.25) is 5.02 Å². The second-order valence-electron chi connectivity index (χ2n) is 5.34. The summed E-state index contributed by atoms with van der Waals surface area (Å²) in [6.07, 6.45) is 5.60. The Hall–Kier alpha value is -0.800. The Kier molecular flexibility index (Phi) is 3.20. The molecule has 0 radical (unpaired) electrons. The topological polar surface area (TPSA) is 35.2 Å². The highest BCUT2D eigenvalue weighted by molar-refractivity contribution is 7.80. The van der Waals surface area contributed by atoms with Gasteiger partial charge < -0.3 is 10.5 Å². The Bertz CT molecular complexity index is 491. The van der Waals surface area contributed by atoms with Crippen LogP contribution in [-0.4, -0.2) is 11.1 Å². The molecule has 0 aromatic heterocycles. The lowest BCUT2D eigenvalue weighted by molar-refractivity contribution is 0.138. The molecular formula is C14H16ClNOS. The maximum absolute atomic E-state index is 6.14. The van der Waals surface area contributed by atoms with Crippen molar-refractivity contribution in [3.05, 3.63) is 28.8 Å². The van der Waals surface area contributed by atoms with Gasteiger partial charge in [-0.2, -0.15) is 0 Å². The van der Waals surface area contributed by atoms with Crippen LogP contribution in [0.4, 0.5) is 0 Å². The Labute approximate surface area is 117 Å². The van der Waals surface area contributed by atoms with Gasteiger partial charge in [0.05, 0.1) is 5.02 Å². The van der Waals surface area contributed by atoms with E-state index < -0.39 is 0 Å². The summed E-state index contributed by atoms with van der Waals surface area (Å²) < 4.78 is 6.06. The first-order valence-electron chi connectivity index (χ1n) is 6.39. The normalized spacial score (nSPS) is 29.5. The van der Waals surface area contributed by atoms with Crippen LogP contribution in [0.5, 0.6) is 5.75 Å². The number of halogens is 1. The lowest BCUT2D eigenvalue weighted by Crippen LogP contribution is -2.23. The maximum Gasteiger partial charge on any atom is 0.121 e. The van der Waals surface area contributed by atoms with Gasteiger partial charge in [-0.3, -0.25) is 0 Å². The third-order valence-corrected chi connectivity index (χ3v) is 4.70. The lowest BCUT2D eigenvalue weighted by Gasteiger charge is -2.23. The van der Waals surface area contributed by atoms with E-state index in [0.29, 0.717) is 21.7 Å². The molecule has 1 aromatic rings. The summed E-state index contributed by atoms with van der Waals surface area (Å²) in [5, 5.41) is 0.572. The summed E-state index contributed by atoms with van der Waals surface area (Å²) in [5.41, 5.74) is 6.30. The molecule has 0 heterocycles. The zero-order valence-electron chi connectivity index (χ0n) is 10.1. The number of hydrogen-bond acceptors (Lipinski definition) is 2. The predicted molar refractivity (Wildman–Crippen MR) is 77.2 cm³/mol. The first-order chi connectivity index (χ1) is 8.63. The van der Waals surface area contributed by atoms with Crippen molar-refractivity contribution < 1.29 is 4.74 Å². The minimum Gasteiger partial charge on any atom is -0.490 e. The van der Waals surface area contributed by atoms with Crippen LogP contribution in [0.15, 0.2) is 18.2 Å². The van der Waals surface area contributed by atoms with Crippen molar-refractivity contribution in [3.63, 3.8) is 0 Å². The fraction of sp³-hybridized carbons (Fsp3) is 0.500. The van der Waals surface area contributed by atoms with Gasteiger partial charge in [0.15, 0.2) is 0 Å². The average Bonchev–Trinajstić information content (AvgIpc) is 2.90. The van der Waals surface area contributed by atoms with Crippen molar-refractivity contribution in [1.29, 1.82) is 0 Å². The fourth-order valence-electron chi connectivity index (χ4n) is 3.27. The number of benzene rings is 1. The van der Waals surface area contributed by atoms with Crippen molar-refractivity contribution in [2.45, 2.75) is 31.8 Å². The van der Waals surface area contributed by atoms with E-state index in [4.69, 9.17) is 34.3 Å². The van der Waals surface area contributed by atoms with E-state index >= 15 is 0 Å². The maximum atomic E-state index is 6.14. The van der Waals surface area contributed by atoms with Crippen molar-refractivity contribution in [2.75, 3.05) is 0 Å². The second-order valence-corrected chi connectivity index (χ2v) is 6.18. The van der Waals surface area contributed by atoms with E-state index in [2.05, 4.69) is 0 Å². The second kappa shape index (κ2) is 4.71. The molecule has 2 N–H and O–H groups in total. The fourth-order valence-corrected chi connectivity index (χ4v) is 3.78. The number of nitrogens with two attached hydrogens (primary N) is 1. The molecule has 3 rings (SSSR count). The molecule has 2 aliphatic carbocycles. The van der Waals surface area contributed by atoms with Crippen LogP contribution in [0.1, 0.15) is 31.2 Å². The molecule has 3 unspecified atom stereocenters. The number of thiocarbonyl (C=S) groups is 1. The van der Waals surface area contributed by atoms with E-state index in [1.807, 2.05) is 18.2 Å². The van der Waals surface area contributed by atoms with Gasteiger partial charge in [-0.1, -0.05) is 23.8 Å². The molecule has 4 heteroatoms. The van der Waals surface area contributed by atoms with Crippen molar-refractivity contribution >= 4 is 28.8 Å². The molecule has 3 atom stereocenters. The molecule has 0 aliphatic heterocycles. The highest BCUT2D eigenvalue weighted by Gasteiger charge is 2.40. The predicted octanol–water partition coefficient (Wildman–Crippen LogP) is 3.54. The minimum absolute atomic E-state index is 0.325. The monoisotopic (exact) mass is 281 g/mol. The Morgan fingerprint density at radius 1 is 1.33 bits per heavy atom. The van der Waals surface area contributed by atoms with E-state index in [1.54, 1.807) is 0 Å². The Morgan fingerprint density at radius 2 is 2.17 bits per heavy atom. The van der Waals surface area contributed by atoms with Gasteiger partial charge in [0.1, 0.15) is 16.8 Å². The third kappa shape index (κ3) is 2.21. The number of rotatable bonds is 3. The van der Waals surface area contributed by atoms with Crippen molar-refractivity contribution in [3.8, 4) is 5.75 Å². The van der Waals surface area contributed by atoms with Crippen LogP contribution in [0.25, 0.3) is 0 Å². The van der Waals surface area contributed by atoms with E-state index in [-0.39, 0.29) is 0 Å². The largest absolute Gasteiger partial charge is 0.490 e. The van der Waals surface area contributed by atoms with Crippen molar-refractivity contribution in [1.82, 2.24) is 0 Å². The highest BCUT2D eigenvalue weighted by atomic mass is 35.5. The zero-order valence-corrected chi connectivity index (χ0v) is 11.6. The van der Waals surface area contributed by atoms with E-state index in [1.165, 1.54) is 25.7 Å². The molecule has 0 amide bonds. The quantitative estimate of drug-likeness (QED) is 0.861. The average molecular weight is 282 g/mol. The molecule has 96 valence electrons. The summed E-state index contributed by atoms with van der Waals surface area (Å²) in [7, 11) is 0. The number of hydrogen-bond donors (Lipinski definition) is 1. The first-order valence-corrected chi connectivity index (χ1v) is 7.18. The molecular weight excluding hydrogens is 266 g/mol. The Balaban J connectivity index is 1.74. The molecule has 2 fully saturated rings. The summed E-state index contributed by atoms with van der Waals surface area (Å²) in [6, 6.07) is 5.57. The molecule has 2 saturated carbocycles. The highest BCUT2D eigenvalue weighted by Crippen LogP contribution is 2.46. The SMILES string of the molecule is NC(=S)c1ccc(OC2CC3CCC2C3)cc1Cl. The number of fused-ring (bicyclic) bond motifs is 2. The van der Waals surface area contributed by atoms with Gasteiger partial charge in [-0.25, -0.2) is 0 Å². The van der Waals surface area contributed by atoms with Gasteiger partial charge in [-0.15, -0.1) is 0 Å². The van der Waals surface area contributed by atoms with Gasteiger partial charge >= 0.3 is 0 Å².